The summed E-state index contributed by atoms with van der Waals surface area (Å²) in [6.07, 6.45) is -2.84. The zero-order chi connectivity index (χ0) is 11.6. The molecule has 0 saturated heterocycles. The van der Waals surface area contributed by atoms with E-state index in [9.17, 15) is 13.2 Å². The fourth-order valence-corrected chi connectivity index (χ4v) is 1.18. The third-order valence-electron chi connectivity index (χ3n) is 2.10. The predicted octanol–water partition coefficient (Wildman–Crippen LogP) is 2.06. The number of halogens is 3. The van der Waals surface area contributed by atoms with E-state index in [1.54, 1.807) is 0 Å². The number of benzene rings is 1. The van der Waals surface area contributed by atoms with Gasteiger partial charge in [0.25, 0.3) is 6.43 Å². The highest BCUT2D eigenvalue weighted by molar-refractivity contribution is 5.29. The van der Waals surface area contributed by atoms with Gasteiger partial charge in [-0.1, -0.05) is 6.07 Å². The Kier molecular flexibility index (Phi) is 3.24. The number of nitrogens with two attached hydrogens (primary N) is 1. The summed E-state index contributed by atoms with van der Waals surface area (Å²) in [5.41, 5.74) is 3.98. The summed E-state index contributed by atoms with van der Waals surface area (Å²) in [4.78, 5) is 0. The van der Waals surface area contributed by atoms with Crippen molar-refractivity contribution in [2.75, 3.05) is 0 Å². The predicted molar refractivity (Wildman–Crippen MR) is 50.4 cm³/mol. The van der Waals surface area contributed by atoms with Crippen LogP contribution in [0.3, 0.4) is 0 Å². The SMILES string of the molecule is CC(N)(Cc1ccc(O)c(F)c1)C(F)F. The maximum atomic E-state index is 12.9. The lowest BCUT2D eigenvalue weighted by Crippen LogP contribution is -2.45. The van der Waals surface area contributed by atoms with Gasteiger partial charge in [0.1, 0.15) is 0 Å². The third kappa shape index (κ3) is 2.86. The molecule has 0 saturated carbocycles. The van der Waals surface area contributed by atoms with E-state index in [4.69, 9.17) is 10.8 Å². The summed E-state index contributed by atoms with van der Waals surface area (Å²) >= 11 is 0. The fourth-order valence-electron chi connectivity index (χ4n) is 1.18. The van der Waals surface area contributed by atoms with Gasteiger partial charge in [-0.3, -0.25) is 0 Å². The minimum absolute atomic E-state index is 0.151. The number of phenolic OH excluding ortho intramolecular Hbond substituents is 1. The van der Waals surface area contributed by atoms with E-state index in [0.717, 1.165) is 12.1 Å². The zero-order valence-electron chi connectivity index (χ0n) is 8.17. The van der Waals surface area contributed by atoms with Crippen LogP contribution < -0.4 is 5.73 Å². The average Bonchev–Trinajstić information content (AvgIpc) is 2.10. The Hall–Kier alpha value is -1.23. The molecule has 15 heavy (non-hydrogen) atoms. The van der Waals surface area contributed by atoms with Crippen LogP contribution in [0.15, 0.2) is 18.2 Å². The highest BCUT2D eigenvalue weighted by atomic mass is 19.3. The maximum absolute atomic E-state index is 12.9. The molecule has 1 unspecified atom stereocenters. The summed E-state index contributed by atoms with van der Waals surface area (Å²) in [6, 6.07) is 3.49. The first kappa shape index (κ1) is 11.8. The van der Waals surface area contributed by atoms with Crippen molar-refractivity contribution in [3.63, 3.8) is 0 Å². The zero-order valence-corrected chi connectivity index (χ0v) is 8.17. The Balaban J connectivity index is 2.86. The Labute approximate surface area is 85.5 Å². The third-order valence-corrected chi connectivity index (χ3v) is 2.10. The van der Waals surface area contributed by atoms with E-state index in [2.05, 4.69) is 0 Å². The lowest BCUT2D eigenvalue weighted by Gasteiger charge is -2.23. The van der Waals surface area contributed by atoms with Crippen LogP contribution in [-0.4, -0.2) is 17.1 Å². The Morgan fingerprint density at radius 3 is 2.53 bits per heavy atom. The quantitative estimate of drug-likeness (QED) is 0.817. The summed E-state index contributed by atoms with van der Waals surface area (Å²) in [7, 11) is 0. The van der Waals surface area contributed by atoms with E-state index in [1.807, 2.05) is 0 Å². The van der Waals surface area contributed by atoms with E-state index in [0.29, 0.717) is 5.56 Å². The number of aromatic hydroxyl groups is 1. The van der Waals surface area contributed by atoms with Gasteiger partial charge >= 0.3 is 0 Å². The van der Waals surface area contributed by atoms with Crippen LogP contribution >= 0.6 is 0 Å². The smallest absolute Gasteiger partial charge is 0.256 e. The van der Waals surface area contributed by atoms with E-state index in [1.165, 1.54) is 13.0 Å². The van der Waals surface area contributed by atoms with Crippen LogP contribution in [0, 0.1) is 5.82 Å². The van der Waals surface area contributed by atoms with Crippen molar-refractivity contribution in [1.29, 1.82) is 0 Å². The summed E-state index contributed by atoms with van der Waals surface area (Å²) < 4.78 is 37.7. The molecule has 0 aliphatic heterocycles. The fraction of sp³-hybridized carbons (Fsp3) is 0.400. The molecule has 0 aliphatic rings. The Morgan fingerprint density at radius 2 is 2.07 bits per heavy atom. The number of alkyl halides is 2. The van der Waals surface area contributed by atoms with E-state index in [-0.39, 0.29) is 6.42 Å². The molecule has 1 atom stereocenters. The molecular formula is C10H12F3NO. The van der Waals surface area contributed by atoms with Gasteiger partial charge < -0.3 is 10.8 Å². The molecule has 2 nitrogen and oxygen atoms in total. The molecule has 0 spiro atoms. The number of hydrogen-bond donors (Lipinski definition) is 2. The Morgan fingerprint density at radius 1 is 1.47 bits per heavy atom. The Bertz CT molecular complexity index is 353. The maximum Gasteiger partial charge on any atom is 0.256 e. The van der Waals surface area contributed by atoms with Crippen molar-refractivity contribution in [2.45, 2.75) is 25.3 Å². The number of rotatable bonds is 3. The second-order valence-corrected chi connectivity index (χ2v) is 3.77. The van der Waals surface area contributed by atoms with Crippen LogP contribution in [0.2, 0.25) is 0 Å². The highest BCUT2D eigenvalue weighted by Crippen LogP contribution is 2.22. The van der Waals surface area contributed by atoms with Gasteiger partial charge in [0.15, 0.2) is 11.6 Å². The largest absolute Gasteiger partial charge is 0.505 e. The van der Waals surface area contributed by atoms with Crippen LogP contribution in [-0.2, 0) is 6.42 Å². The topological polar surface area (TPSA) is 46.2 Å². The van der Waals surface area contributed by atoms with Crippen molar-refractivity contribution in [3.05, 3.63) is 29.6 Å². The summed E-state index contributed by atoms with van der Waals surface area (Å²) in [5, 5.41) is 8.90. The second kappa shape index (κ2) is 4.10. The standard InChI is InChI=1S/C10H12F3NO/c1-10(14,9(12)13)5-6-2-3-8(15)7(11)4-6/h2-4,9,15H,5,14H2,1H3. The average molecular weight is 219 g/mol. The van der Waals surface area contributed by atoms with Crippen LogP contribution in [0.5, 0.6) is 5.75 Å². The molecule has 0 heterocycles. The first-order chi connectivity index (χ1) is 6.83. The molecule has 1 aromatic carbocycles. The van der Waals surface area contributed by atoms with Crippen molar-refractivity contribution < 1.29 is 18.3 Å². The molecule has 3 N–H and O–H groups in total. The van der Waals surface area contributed by atoms with Crippen molar-refractivity contribution in [2.24, 2.45) is 5.73 Å². The molecule has 5 heteroatoms. The molecule has 0 fully saturated rings. The van der Waals surface area contributed by atoms with Gasteiger partial charge in [0, 0.05) is 0 Å². The minimum Gasteiger partial charge on any atom is -0.505 e. The van der Waals surface area contributed by atoms with Gasteiger partial charge in [0.05, 0.1) is 5.54 Å². The number of hydrogen-bond acceptors (Lipinski definition) is 2. The van der Waals surface area contributed by atoms with Crippen LogP contribution in [0.25, 0.3) is 0 Å². The van der Waals surface area contributed by atoms with E-state index < -0.39 is 23.5 Å². The molecule has 0 amide bonds. The molecular weight excluding hydrogens is 207 g/mol. The van der Waals surface area contributed by atoms with Gasteiger partial charge in [-0.15, -0.1) is 0 Å². The molecule has 0 aliphatic carbocycles. The molecule has 1 aromatic rings. The van der Waals surface area contributed by atoms with Gasteiger partial charge in [-0.2, -0.15) is 0 Å². The second-order valence-electron chi connectivity index (χ2n) is 3.77. The molecule has 0 bridgehead atoms. The van der Waals surface area contributed by atoms with Crippen LogP contribution in [0.4, 0.5) is 13.2 Å². The first-order valence-electron chi connectivity index (χ1n) is 4.37. The monoisotopic (exact) mass is 219 g/mol. The van der Waals surface area contributed by atoms with Gasteiger partial charge in [-0.05, 0) is 31.0 Å². The molecule has 0 radical (unpaired) electrons. The van der Waals surface area contributed by atoms with Gasteiger partial charge in [0.2, 0.25) is 0 Å². The van der Waals surface area contributed by atoms with Crippen LogP contribution in [0.1, 0.15) is 12.5 Å². The molecule has 1 rings (SSSR count). The van der Waals surface area contributed by atoms with Crippen molar-refractivity contribution >= 4 is 0 Å². The van der Waals surface area contributed by atoms with E-state index >= 15 is 0 Å². The minimum atomic E-state index is -2.69. The van der Waals surface area contributed by atoms with Crippen molar-refractivity contribution in [3.8, 4) is 5.75 Å². The lowest BCUT2D eigenvalue weighted by molar-refractivity contribution is 0.0639. The molecule has 84 valence electrons. The molecule has 0 aromatic heterocycles. The summed E-state index contributed by atoms with van der Waals surface area (Å²) in [6.45, 7) is 1.20. The normalized spacial score (nSPS) is 15.3. The lowest BCUT2D eigenvalue weighted by atomic mass is 9.94. The van der Waals surface area contributed by atoms with Crippen molar-refractivity contribution in [1.82, 2.24) is 0 Å². The first-order valence-corrected chi connectivity index (χ1v) is 4.37. The number of phenols is 1. The highest BCUT2D eigenvalue weighted by Gasteiger charge is 2.30. The summed E-state index contributed by atoms with van der Waals surface area (Å²) in [5.74, 6) is -1.34. The van der Waals surface area contributed by atoms with Gasteiger partial charge in [-0.25, -0.2) is 13.2 Å².